The Labute approximate surface area is 128 Å². The van der Waals surface area contributed by atoms with Gasteiger partial charge in [-0.25, -0.2) is 0 Å². The van der Waals surface area contributed by atoms with Gasteiger partial charge in [0, 0.05) is 11.1 Å². The van der Waals surface area contributed by atoms with Crippen molar-refractivity contribution in [2.24, 2.45) is 0 Å². The normalized spacial score (nSPS) is 10.9. The highest BCUT2D eigenvalue weighted by Crippen LogP contribution is 2.16. The van der Waals surface area contributed by atoms with E-state index in [2.05, 4.69) is 0 Å². The molecule has 0 atom stereocenters. The molecule has 0 saturated carbocycles. The van der Waals surface area contributed by atoms with Gasteiger partial charge in [-0.1, -0.05) is 66.7 Å². The van der Waals surface area contributed by atoms with Crippen LogP contribution in [0.2, 0.25) is 0 Å². The first-order chi connectivity index (χ1) is 10.8. The molecular weight excluding hydrogens is 272 g/mol. The van der Waals surface area contributed by atoms with Gasteiger partial charge in [-0.3, -0.25) is 9.59 Å². The van der Waals surface area contributed by atoms with E-state index in [1.807, 2.05) is 54.6 Å². The fourth-order valence-corrected chi connectivity index (χ4v) is 2.30. The van der Waals surface area contributed by atoms with Gasteiger partial charge in [0.25, 0.3) is 0 Å². The fourth-order valence-electron chi connectivity index (χ4n) is 2.30. The number of carbonyl (C=O) groups is 2. The van der Waals surface area contributed by atoms with Crippen LogP contribution in [-0.4, -0.2) is 12.1 Å². The lowest BCUT2D eigenvalue weighted by Gasteiger charge is -2.00. The Hall–Kier alpha value is -3.00. The van der Waals surface area contributed by atoms with E-state index in [-0.39, 0.29) is 5.78 Å². The number of fused-ring (bicyclic) bond motifs is 1. The third-order valence-corrected chi connectivity index (χ3v) is 3.53. The Morgan fingerprint density at radius 1 is 0.773 bits per heavy atom. The first kappa shape index (κ1) is 14.0. The van der Waals surface area contributed by atoms with Crippen molar-refractivity contribution in [3.63, 3.8) is 0 Å². The minimum absolute atomic E-state index is 0.0368. The molecule has 22 heavy (non-hydrogen) atoms. The van der Waals surface area contributed by atoms with Crippen LogP contribution < -0.4 is 0 Å². The van der Waals surface area contributed by atoms with Gasteiger partial charge in [0.1, 0.15) is 6.29 Å². The van der Waals surface area contributed by atoms with E-state index in [0.29, 0.717) is 11.1 Å². The molecule has 106 valence electrons. The zero-order valence-electron chi connectivity index (χ0n) is 11.9. The molecule has 3 rings (SSSR count). The smallest absolute Gasteiger partial charge is 0.185 e. The summed E-state index contributed by atoms with van der Waals surface area (Å²) >= 11 is 0. The number of allylic oxidation sites excluding steroid dienone is 1. The quantitative estimate of drug-likeness (QED) is 0.400. The average molecular weight is 286 g/mol. The van der Waals surface area contributed by atoms with Gasteiger partial charge in [0.2, 0.25) is 0 Å². The highest BCUT2D eigenvalue weighted by atomic mass is 16.1. The van der Waals surface area contributed by atoms with Crippen LogP contribution in [0.3, 0.4) is 0 Å². The Balaban J connectivity index is 1.82. The van der Waals surface area contributed by atoms with Crippen molar-refractivity contribution in [3.8, 4) is 0 Å². The highest BCUT2D eigenvalue weighted by Gasteiger charge is 2.02. The maximum absolute atomic E-state index is 12.2. The Morgan fingerprint density at radius 3 is 2.18 bits per heavy atom. The van der Waals surface area contributed by atoms with Gasteiger partial charge in [-0.15, -0.1) is 0 Å². The summed E-state index contributed by atoms with van der Waals surface area (Å²) in [6, 6.07) is 20.7. The van der Waals surface area contributed by atoms with Crippen LogP contribution >= 0.6 is 0 Å². The lowest BCUT2D eigenvalue weighted by Crippen LogP contribution is -1.93. The molecule has 0 aromatic heterocycles. The summed E-state index contributed by atoms with van der Waals surface area (Å²) in [4.78, 5) is 22.8. The predicted octanol–water partition coefficient (Wildman–Crippen LogP) is 4.55. The lowest BCUT2D eigenvalue weighted by molar-refractivity contribution is 0.104. The van der Waals surface area contributed by atoms with Crippen LogP contribution in [0.15, 0.2) is 72.8 Å². The summed E-state index contributed by atoms with van der Waals surface area (Å²) in [5.41, 5.74) is 2.18. The summed E-state index contributed by atoms with van der Waals surface area (Å²) in [5.74, 6) is -0.0368. The third-order valence-electron chi connectivity index (χ3n) is 3.53. The molecule has 0 saturated heterocycles. The molecule has 0 bridgehead atoms. The van der Waals surface area contributed by atoms with E-state index < -0.39 is 0 Å². The number of benzene rings is 3. The molecule has 0 spiro atoms. The number of aldehydes is 1. The number of ketones is 1. The first-order valence-electron chi connectivity index (χ1n) is 7.03. The molecule has 0 amide bonds. The van der Waals surface area contributed by atoms with Crippen LogP contribution in [0.4, 0.5) is 0 Å². The number of hydrogen-bond acceptors (Lipinski definition) is 2. The second-order valence-electron chi connectivity index (χ2n) is 5.04. The molecule has 0 aliphatic heterocycles. The minimum atomic E-state index is -0.0368. The molecule has 0 heterocycles. The van der Waals surface area contributed by atoms with Crippen molar-refractivity contribution in [1.29, 1.82) is 0 Å². The number of hydrogen-bond donors (Lipinski definition) is 0. The van der Waals surface area contributed by atoms with Gasteiger partial charge < -0.3 is 0 Å². The van der Waals surface area contributed by atoms with Crippen molar-refractivity contribution in [2.45, 2.75) is 0 Å². The number of carbonyl (C=O) groups excluding carboxylic acids is 2. The van der Waals surface area contributed by atoms with Crippen LogP contribution in [0.5, 0.6) is 0 Å². The summed E-state index contributed by atoms with van der Waals surface area (Å²) < 4.78 is 0. The van der Waals surface area contributed by atoms with Gasteiger partial charge in [-0.05, 0) is 28.5 Å². The molecule has 0 aliphatic carbocycles. The van der Waals surface area contributed by atoms with E-state index in [9.17, 15) is 9.59 Å². The van der Waals surface area contributed by atoms with Crippen molar-refractivity contribution in [1.82, 2.24) is 0 Å². The molecule has 0 fully saturated rings. The van der Waals surface area contributed by atoms with Gasteiger partial charge in [0.05, 0.1) is 0 Å². The predicted molar refractivity (Wildman–Crippen MR) is 89.1 cm³/mol. The zero-order valence-corrected chi connectivity index (χ0v) is 11.9. The van der Waals surface area contributed by atoms with E-state index in [1.54, 1.807) is 24.3 Å². The van der Waals surface area contributed by atoms with Gasteiger partial charge in [0.15, 0.2) is 5.78 Å². The topological polar surface area (TPSA) is 34.1 Å². The van der Waals surface area contributed by atoms with E-state index in [4.69, 9.17) is 0 Å². The Kier molecular flexibility index (Phi) is 3.92. The second kappa shape index (κ2) is 6.19. The third kappa shape index (κ3) is 3.01. The van der Waals surface area contributed by atoms with Crippen molar-refractivity contribution in [3.05, 3.63) is 89.5 Å². The molecule has 0 aliphatic rings. The van der Waals surface area contributed by atoms with Crippen molar-refractivity contribution in [2.75, 3.05) is 0 Å². The van der Waals surface area contributed by atoms with Crippen LogP contribution in [-0.2, 0) is 0 Å². The van der Waals surface area contributed by atoms with E-state index in [0.717, 1.165) is 22.6 Å². The number of rotatable bonds is 4. The fraction of sp³-hybridized carbons (Fsp3) is 0. The molecule has 3 aromatic rings. The first-order valence-corrected chi connectivity index (χ1v) is 7.03. The average Bonchev–Trinajstić information content (AvgIpc) is 2.59. The standard InChI is InChI=1S/C20H14O2/c21-14-16-7-5-15(6-8-16)9-12-20(22)19-11-10-17-3-1-2-4-18(17)13-19/h1-14H/b12-9+. The SMILES string of the molecule is O=Cc1ccc(/C=C/C(=O)c2ccc3ccccc3c2)cc1. The molecule has 2 nitrogen and oxygen atoms in total. The van der Waals surface area contributed by atoms with E-state index >= 15 is 0 Å². The summed E-state index contributed by atoms with van der Waals surface area (Å²) in [6.45, 7) is 0. The maximum Gasteiger partial charge on any atom is 0.185 e. The van der Waals surface area contributed by atoms with Crippen LogP contribution in [0.25, 0.3) is 16.8 Å². The monoisotopic (exact) mass is 286 g/mol. The second-order valence-corrected chi connectivity index (χ2v) is 5.04. The zero-order chi connectivity index (χ0) is 15.4. The van der Waals surface area contributed by atoms with Gasteiger partial charge >= 0.3 is 0 Å². The summed E-state index contributed by atoms with van der Waals surface area (Å²) in [5, 5.41) is 2.17. The Bertz CT molecular complexity index is 858. The molecule has 0 unspecified atom stereocenters. The summed E-state index contributed by atoms with van der Waals surface area (Å²) in [7, 11) is 0. The summed E-state index contributed by atoms with van der Waals surface area (Å²) in [6.07, 6.45) is 4.11. The maximum atomic E-state index is 12.2. The molecule has 3 aromatic carbocycles. The molecule has 2 heteroatoms. The van der Waals surface area contributed by atoms with Gasteiger partial charge in [-0.2, -0.15) is 0 Å². The molecule has 0 radical (unpaired) electrons. The molecular formula is C20H14O2. The Morgan fingerprint density at radius 2 is 1.45 bits per heavy atom. The van der Waals surface area contributed by atoms with Crippen molar-refractivity contribution >= 4 is 28.9 Å². The highest BCUT2D eigenvalue weighted by molar-refractivity contribution is 6.08. The lowest BCUT2D eigenvalue weighted by atomic mass is 10.0. The van der Waals surface area contributed by atoms with E-state index in [1.165, 1.54) is 0 Å². The minimum Gasteiger partial charge on any atom is -0.298 e. The largest absolute Gasteiger partial charge is 0.298 e. The van der Waals surface area contributed by atoms with Crippen molar-refractivity contribution < 1.29 is 9.59 Å². The van der Waals surface area contributed by atoms with Crippen LogP contribution in [0, 0.1) is 0 Å². The molecule has 0 N–H and O–H groups in total. The van der Waals surface area contributed by atoms with Crippen LogP contribution in [0.1, 0.15) is 26.3 Å².